The number of hydrogen-bond acceptors (Lipinski definition) is 7. The summed E-state index contributed by atoms with van der Waals surface area (Å²) < 4.78 is 11.1. The predicted octanol–water partition coefficient (Wildman–Crippen LogP) is 1.77. The molecule has 1 atom stereocenters. The summed E-state index contributed by atoms with van der Waals surface area (Å²) in [6.45, 7) is 3.72. The summed E-state index contributed by atoms with van der Waals surface area (Å²) in [5.74, 6) is 1.56. The Balaban J connectivity index is 1.95. The Labute approximate surface area is 172 Å². The molecule has 0 radical (unpaired) electrons. The molecule has 1 N–H and O–H groups in total. The van der Waals surface area contributed by atoms with Gasteiger partial charge in [-0.1, -0.05) is 48.2 Å². The van der Waals surface area contributed by atoms with Crippen LogP contribution < -0.4 is 25.4 Å². The number of rotatable bonds is 5. The van der Waals surface area contributed by atoms with Gasteiger partial charge >= 0.3 is 0 Å². The lowest BCUT2D eigenvalue weighted by Crippen LogP contribution is -2.50. The number of amidine groups is 1. The SMILES string of the molecule is C=CCSC1=NN2C(=c3ccccc3=N[C@@H]2c2cccc(OC)c2OC)C(=O)N1. The third-order valence-corrected chi connectivity index (χ3v) is 5.42. The fourth-order valence-corrected chi connectivity index (χ4v) is 3.93. The van der Waals surface area contributed by atoms with Crippen molar-refractivity contribution >= 4 is 28.5 Å². The Morgan fingerprint density at radius 2 is 2.03 bits per heavy atom. The summed E-state index contributed by atoms with van der Waals surface area (Å²) in [6, 6.07) is 13.1. The van der Waals surface area contributed by atoms with Crippen molar-refractivity contribution in [2.24, 2.45) is 10.1 Å². The Morgan fingerprint density at radius 1 is 1.21 bits per heavy atom. The molecule has 8 heteroatoms. The van der Waals surface area contributed by atoms with Gasteiger partial charge in [0.05, 0.1) is 19.6 Å². The molecule has 0 bridgehead atoms. The van der Waals surface area contributed by atoms with Gasteiger partial charge in [-0.3, -0.25) is 15.1 Å². The lowest BCUT2D eigenvalue weighted by atomic mass is 10.1. The molecule has 4 rings (SSSR count). The number of fused-ring (bicyclic) bond motifs is 2. The van der Waals surface area contributed by atoms with E-state index in [-0.39, 0.29) is 5.91 Å². The smallest absolute Gasteiger partial charge is 0.276 e. The van der Waals surface area contributed by atoms with Gasteiger partial charge in [0.1, 0.15) is 5.70 Å². The van der Waals surface area contributed by atoms with Crippen LogP contribution in [0.3, 0.4) is 0 Å². The highest BCUT2D eigenvalue weighted by Gasteiger charge is 2.36. The van der Waals surface area contributed by atoms with Crippen molar-refractivity contribution in [3.8, 4) is 11.5 Å². The van der Waals surface area contributed by atoms with Crippen molar-refractivity contribution in [3.05, 3.63) is 71.3 Å². The molecular formula is C21H20N4O3S. The van der Waals surface area contributed by atoms with Crippen LogP contribution in [0.1, 0.15) is 11.7 Å². The largest absolute Gasteiger partial charge is 0.493 e. The fraction of sp³-hybridized carbons (Fsp3) is 0.190. The van der Waals surface area contributed by atoms with Gasteiger partial charge in [0, 0.05) is 16.5 Å². The quantitative estimate of drug-likeness (QED) is 0.763. The highest BCUT2D eigenvalue weighted by Crippen LogP contribution is 2.40. The van der Waals surface area contributed by atoms with E-state index in [9.17, 15) is 4.79 Å². The molecule has 148 valence electrons. The lowest BCUT2D eigenvalue weighted by molar-refractivity contribution is -0.116. The third-order valence-electron chi connectivity index (χ3n) is 4.56. The maximum absolute atomic E-state index is 13.0. The molecule has 2 aliphatic heterocycles. The van der Waals surface area contributed by atoms with Gasteiger partial charge in [0.15, 0.2) is 22.8 Å². The van der Waals surface area contributed by atoms with E-state index >= 15 is 0 Å². The highest BCUT2D eigenvalue weighted by molar-refractivity contribution is 8.14. The molecule has 7 nitrogen and oxygen atoms in total. The Hall–Kier alpha value is -3.26. The molecule has 2 aromatic rings. The molecule has 0 spiro atoms. The molecule has 0 saturated heterocycles. The van der Waals surface area contributed by atoms with E-state index < -0.39 is 6.17 Å². The average molecular weight is 408 g/mol. The number of methoxy groups -OCH3 is 2. The summed E-state index contributed by atoms with van der Waals surface area (Å²) >= 11 is 1.40. The Kier molecular flexibility index (Phi) is 5.26. The molecule has 29 heavy (non-hydrogen) atoms. The third kappa shape index (κ3) is 3.36. The van der Waals surface area contributed by atoms with Gasteiger partial charge in [-0.2, -0.15) is 0 Å². The summed E-state index contributed by atoms with van der Waals surface area (Å²) in [6.07, 6.45) is 1.19. The van der Waals surface area contributed by atoms with Gasteiger partial charge in [0.2, 0.25) is 0 Å². The normalized spacial score (nSPS) is 17.4. The minimum Gasteiger partial charge on any atom is -0.493 e. The number of para-hydroxylation sites is 2. The second kappa shape index (κ2) is 8.00. The number of thioether (sulfide) groups is 1. The van der Waals surface area contributed by atoms with Crippen LogP contribution in [0.25, 0.3) is 5.70 Å². The minimum absolute atomic E-state index is 0.222. The summed E-state index contributed by atoms with van der Waals surface area (Å²) in [5.41, 5.74) is 1.21. The van der Waals surface area contributed by atoms with Gasteiger partial charge < -0.3 is 9.47 Å². The Bertz CT molecular complexity index is 1130. The first kappa shape index (κ1) is 19.1. The number of amides is 1. The number of nitrogens with one attached hydrogen (secondary N) is 1. The molecule has 0 fully saturated rings. The van der Waals surface area contributed by atoms with E-state index in [0.29, 0.717) is 28.1 Å². The van der Waals surface area contributed by atoms with E-state index in [2.05, 4.69) is 17.0 Å². The summed E-state index contributed by atoms with van der Waals surface area (Å²) in [7, 11) is 3.17. The standard InChI is InChI=1S/C21H20N4O3S/c1-4-12-29-21-23-20(26)17-13-8-5-6-10-15(13)22-19(25(17)24-21)14-9-7-11-16(27-2)18(14)28-3/h4-11,19H,1,12H2,2-3H3,(H,23,24,26)/t19-/m0/s1. The van der Waals surface area contributed by atoms with Crippen LogP contribution >= 0.6 is 11.8 Å². The molecule has 0 saturated carbocycles. The topological polar surface area (TPSA) is 75.5 Å². The van der Waals surface area contributed by atoms with Crippen molar-refractivity contribution < 1.29 is 14.3 Å². The zero-order chi connectivity index (χ0) is 20.4. The number of carbonyl (C=O) groups excluding carboxylic acids is 1. The van der Waals surface area contributed by atoms with Crippen LogP contribution in [0.5, 0.6) is 11.5 Å². The summed E-state index contributed by atoms with van der Waals surface area (Å²) in [4.78, 5) is 17.9. The van der Waals surface area contributed by atoms with Crippen LogP contribution in [0, 0.1) is 0 Å². The molecule has 2 aromatic carbocycles. The number of hydrogen-bond donors (Lipinski definition) is 1. The van der Waals surface area contributed by atoms with Crippen LogP contribution in [0.4, 0.5) is 0 Å². The Morgan fingerprint density at radius 3 is 2.79 bits per heavy atom. The van der Waals surface area contributed by atoms with Crippen LogP contribution in [0.2, 0.25) is 0 Å². The maximum Gasteiger partial charge on any atom is 0.276 e. The number of nitrogens with zero attached hydrogens (tertiary/aromatic N) is 3. The molecule has 2 aliphatic rings. The predicted molar refractivity (Wildman–Crippen MR) is 113 cm³/mol. The monoisotopic (exact) mass is 408 g/mol. The van der Waals surface area contributed by atoms with Crippen molar-refractivity contribution in [3.63, 3.8) is 0 Å². The van der Waals surface area contributed by atoms with Crippen LogP contribution in [0.15, 0.2) is 65.2 Å². The zero-order valence-electron chi connectivity index (χ0n) is 16.1. The molecule has 0 unspecified atom stereocenters. The van der Waals surface area contributed by atoms with E-state index in [0.717, 1.165) is 16.1 Å². The van der Waals surface area contributed by atoms with Gasteiger partial charge in [-0.25, -0.2) is 5.01 Å². The molecular weight excluding hydrogens is 388 g/mol. The minimum atomic E-state index is -0.574. The van der Waals surface area contributed by atoms with E-state index in [1.165, 1.54) is 11.8 Å². The first-order valence-corrected chi connectivity index (χ1v) is 9.97. The van der Waals surface area contributed by atoms with Crippen LogP contribution in [-0.2, 0) is 4.79 Å². The first-order valence-electron chi connectivity index (χ1n) is 8.99. The number of carbonyl (C=O) groups is 1. The fourth-order valence-electron chi connectivity index (χ4n) is 3.35. The molecule has 1 amide bonds. The van der Waals surface area contributed by atoms with E-state index in [1.807, 2.05) is 42.5 Å². The highest BCUT2D eigenvalue weighted by atomic mass is 32.2. The second-order valence-corrected chi connectivity index (χ2v) is 7.26. The zero-order valence-corrected chi connectivity index (χ0v) is 16.9. The van der Waals surface area contributed by atoms with Crippen molar-refractivity contribution in [1.29, 1.82) is 0 Å². The summed E-state index contributed by atoms with van der Waals surface area (Å²) in [5, 5.41) is 11.2. The van der Waals surface area contributed by atoms with Crippen molar-refractivity contribution in [2.45, 2.75) is 6.17 Å². The number of benzene rings is 2. The van der Waals surface area contributed by atoms with E-state index in [1.54, 1.807) is 25.3 Å². The maximum atomic E-state index is 13.0. The number of hydrazone groups is 1. The van der Waals surface area contributed by atoms with Crippen LogP contribution in [-0.4, -0.2) is 36.1 Å². The van der Waals surface area contributed by atoms with Gasteiger partial charge in [0.25, 0.3) is 5.91 Å². The first-order chi connectivity index (χ1) is 14.2. The van der Waals surface area contributed by atoms with Crippen molar-refractivity contribution in [1.82, 2.24) is 10.3 Å². The average Bonchev–Trinajstić information content (AvgIpc) is 2.76. The number of ether oxygens (including phenoxy) is 2. The van der Waals surface area contributed by atoms with Gasteiger partial charge in [-0.15, -0.1) is 11.7 Å². The molecule has 2 heterocycles. The van der Waals surface area contributed by atoms with Crippen molar-refractivity contribution in [2.75, 3.05) is 20.0 Å². The van der Waals surface area contributed by atoms with Gasteiger partial charge in [-0.05, 0) is 12.1 Å². The van der Waals surface area contributed by atoms with E-state index in [4.69, 9.17) is 14.5 Å². The lowest BCUT2D eigenvalue weighted by Gasteiger charge is -2.34. The molecule has 0 aliphatic carbocycles. The molecule has 0 aromatic heterocycles. The second-order valence-electron chi connectivity index (χ2n) is 6.25.